The van der Waals surface area contributed by atoms with E-state index < -0.39 is 57.0 Å². The third-order valence-corrected chi connectivity index (χ3v) is 8.12. The molecule has 228 valence electrons. The van der Waals surface area contributed by atoms with Gasteiger partial charge in [-0.1, -0.05) is 0 Å². The zero-order chi connectivity index (χ0) is 30.7. The van der Waals surface area contributed by atoms with Crippen molar-refractivity contribution in [2.75, 3.05) is 29.9 Å². The standard InChI is InChI=1S/C27H31F5N6O3S/c1-27(31,32)11-14-42(39,40)37-24-19(28)15-21(22(29)23(24)30)41-25-18(5-4-12-33-25)20-10-13-34-26(36-20)35-16-6-8-17(9-7-16)38(2)3/h4-5,10,12-13,15-17,37H,6-9,11,14H2,1-3H3,(H,34,35,36)/t16-,17-. The normalized spacial score (nSPS) is 17.7. The molecule has 0 amide bonds. The molecule has 0 bridgehead atoms. The zero-order valence-electron chi connectivity index (χ0n) is 23.2. The van der Waals surface area contributed by atoms with Crippen LogP contribution in [0.1, 0.15) is 39.0 Å². The zero-order valence-corrected chi connectivity index (χ0v) is 24.0. The van der Waals surface area contributed by atoms with Crippen LogP contribution >= 0.6 is 0 Å². The summed E-state index contributed by atoms with van der Waals surface area (Å²) in [6.45, 7) is 0.497. The van der Waals surface area contributed by atoms with Crippen molar-refractivity contribution in [3.63, 3.8) is 0 Å². The predicted molar refractivity (Wildman–Crippen MR) is 148 cm³/mol. The fourth-order valence-electron chi connectivity index (χ4n) is 4.53. The van der Waals surface area contributed by atoms with Crippen LogP contribution in [0.25, 0.3) is 11.3 Å². The summed E-state index contributed by atoms with van der Waals surface area (Å²) in [5.74, 6) is -10.4. The quantitative estimate of drug-likeness (QED) is 0.206. The SMILES string of the molecule is CN(C)[C@H]1CC[C@H](Nc2nccc(-c3cccnc3Oc3cc(F)c(NS(=O)(=O)CCC(C)(F)F)c(F)c3F)n2)CC1. The Kier molecular flexibility index (Phi) is 9.50. The van der Waals surface area contributed by atoms with E-state index >= 15 is 0 Å². The van der Waals surface area contributed by atoms with Gasteiger partial charge in [-0.15, -0.1) is 0 Å². The molecule has 9 nitrogen and oxygen atoms in total. The summed E-state index contributed by atoms with van der Waals surface area (Å²) in [5, 5.41) is 3.33. The van der Waals surface area contributed by atoms with Gasteiger partial charge < -0.3 is 15.0 Å². The number of nitrogens with one attached hydrogen (secondary N) is 2. The first-order chi connectivity index (χ1) is 19.7. The highest BCUT2D eigenvalue weighted by molar-refractivity contribution is 7.92. The summed E-state index contributed by atoms with van der Waals surface area (Å²) in [7, 11) is -0.500. The molecule has 1 aromatic carbocycles. The van der Waals surface area contributed by atoms with Crippen molar-refractivity contribution < 1.29 is 35.1 Å². The Hall–Kier alpha value is -3.59. The van der Waals surface area contributed by atoms with Crippen molar-refractivity contribution >= 4 is 21.7 Å². The summed E-state index contributed by atoms with van der Waals surface area (Å²) in [6.07, 6.45) is 5.66. The van der Waals surface area contributed by atoms with Gasteiger partial charge in [-0.25, -0.2) is 40.9 Å². The van der Waals surface area contributed by atoms with E-state index in [1.165, 1.54) is 17.1 Å². The first-order valence-electron chi connectivity index (χ1n) is 13.2. The van der Waals surface area contributed by atoms with Gasteiger partial charge in [0.15, 0.2) is 17.4 Å². The monoisotopic (exact) mass is 614 g/mol. The minimum atomic E-state index is -4.62. The number of hydrogen-bond donors (Lipinski definition) is 2. The number of hydrogen-bond acceptors (Lipinski definition) is 8. The Morgan fingerprint density at radius 1 is 1.05 bits per heavy atom. The molecule has 2 N–H and O–H groups in total. The molecule has 2 aromatic heterocycles. The lowest BCUT2D eigenvalue weighted by Gasteiger charge is -2.32. The van der Waals surface area contributed by atoms with E-state index in [9.17, 15) is 30.4 Å². The molecule has 2 heterocycles. The molecule has 0 radical (unpaired) electrons. The highest BCUT2D eigenvalue weighted by Crippen LogP contribution is 2.36. The van der Waals surface area contributed by atoms with Gasteiger partial charge in [0.05, 0.1) is 17.0 Å². The number of sulfonamides is 1. The molecule has 0 saturated heterocycles. The van der Waals surface area contributed by atoms with Gasteiger partial charge in [0, 0.05) is 37.0 Å². The van der Waals surface area contributed by atoms with Crippen molar-refractivity contribution in [2.45, 2.75) is 57.0 Å². The molecule has 1 aliphatic carbocycles. The Morgan fingerprint density at radius 2 is 1.76 bits per heavy atom. The van der Waals surface area contributed by atoms with Crippen LogP contribution in [0, 0.1) is 17.5 Å². The predicted octanol–water partition coefficient (Wildman–Crippen LogP) is 5.82. The van der Waals surface area contributed by atoms with Gasteiger partial charge in [0.25, 0.3) is 0 Å². The van der Waals surface area contributed by atoms with Crippen LogP contribution < -0.4 is 14.8 Å². The second-order valence-electron chi connectivity index (χ2n) is 10.4. The molecule has 3 aromatic rings. The second kappa shape index (κ2) is 12.7. The van der Waals surface area contributed by atoms with Crippen LogP contribution in [-0.2, 0) is 10.0 Å². The molecule has 0 unspecified atom stereocenters. The third kappa shape index (κ3) is 8.03. The maximum Gasteiger partial charge on any atom is 0.246 e. The van der Waals surface area contributed by atoms with Gasteiger partial charge in [0.1, 0.15) is 5.69 Å². The number of pyridine rings is 1. The van der Waals surface area contributed by atoms with E-state index in [0.29, 0.717) is 30.7 Å². The van der Waals surface area contributed by atoms with Gasteiger partial charge in [-0.2, -0.15) is 4.39 Å². The lowest BCUT2D eigenvalue weighted by molar-refractivity contribution is 0.0189. The minimum Gasteiger partial charge on any atom is -0.435 e. The molecule has 1 fully saturated rings. The van der Waals surface area contributed by atoms with Crippen LogP contribution in [0.2, 0.25) is 0 Å². The Balaban J connectivity index is 1.53. The van der Waals surface area contributed by atoms with E-state index in [1.54, 1.807) is 18.2 Å². The van der Waals surface area contributed by atoms with E-state index in [1.807, 2.05) is 0 Å². The van der Waals surface area contributed by atoms with E-state index in [-0.39, 0.29) is 17.5 Å². The van der Waals surface area contributed by atoms with Crippen molar-refractivity contribution in [1.82, 2.24) is 19.9 Å². The minimum absolute atomic E-state index is 0.176. The van der Waals surface area contributed by atoms with E-state index in [4.69, 9.17) is 4.74 Å². The fraction of sp³-hybridized carbons (Fsp3) is 0.444. The number of benzene rings is 1. The van der Waals surface area contributed by atoms with Crippen LogP contribution in [0.15, 0.2) is 36.7 Å². The summed E-state index contributed by atoms with van der Waals surface area (Å²) in [5.41, 5.74) is -0.743. The number of aromatic nitrogens is 3. The third-order valence-electron chi connectivity index (χ3n) is 6.86. The summed E-state index contributed by atoms with van der Waals surface area (Å²) >= 11 is 0. The lowest BCUT2D eigenvalue weighted by atomic mass is 9.91. The molecule has 15 heteroatoms. The maximum absolute atomic E-state index is 14.9. The van der Waals surface area contributed by atoms with Crippen LogP contribution in [0.5, 0.6) is 11.6 Å². The van der Waals surface area contributed by atoms with Crippen LogP contribution in [0.4, 0.5) is 33.6 Å². The number of anilines is 2. The van der Waals surface area contributed by atoms with Crippen molar-refractivity contribution in [3.8, 4) is 22.9 Å². The first-order valence-corrected chi connectivity index (χ1v) is 14.8. The Bertz CT molecular complexity index is 1510. The number of halogens is 5. The second-order valence-corrected chi connectivity index (χ2v) is 12.3. The number of rotatable bonds is 11. The molecule has 4 rings (SSSR count). The molecule has 42 heavy (non-hydrogen) atoms. The maximum atomic E-state index is 14.9. The van der Waals surface area contributed by atoms with Crippen LogP contribution in [0.3, 0.4) is 0 Å². The summed E-state index contributed by atoms with van der Waals surface area (Å²) < 4.78 is 102. The Morgan fingerprint density at radius 3 is 2.43 bits per heavy atom. The lowest BCUT2D eigenvalue weighted by Crippen LogP contribution is -2.36. The molecule has 0 atom stereocenters. The Labute approximate surface area is 240 Å². The summed E-state index contributed by atoms with van der Waals surface area (Å²) in [6, 6.07) is 5.81. The highest BCUT2D eigenvalue weighted by Gasteiger charge is 2.29. The highest BCUT2D eigenvalue weighted by atomic mass is 32.2. The molecular formula is C27H31F5N6O3S. The topological polar surface area (TPSA) is 109 Å². The fourth-order valence-corrected chi connectivity index (χ4v) is 5.76. The van der Waals surface area contributed by atoms with Crippen molar-refractivity contribution in [3.05, 3.63) is 54.1 Å². The molecule has 0 aliphatic heterocycles. The molecule has 1 saturated carbocycles. The van der Waals surface area contributed by atoms with Gasteiger partial charge >= 0.3 is 0 Å². The van der Waals surface area contributed by atoms with Gasteiger partial charge in [-0.3, -0.25) is 4.72 Å². The molecule has 1 aliphatic rings. The number of nitrogens with zero attached hydrogens (tertiary/aromatic N) is 4. The largest absolute Gasteiger partial charge is 0.435 e. The summed E-state index contributed by atoms with van der Waals surface area (Å²) in [4.78, 5) is 15.1. The van der Waals surface area contributed by atoms with Crippen molar-refractivity contribution in [1.29, 1.82) is 0 Å². The first kappa shape index (κ1) is 31.3. The number of alkyl halides is 2. The molecule has 0 spiro atoms. The smallest absolute Gasteiger partial charge is 0.246 e. The average molecular weight is 615 g/mol. The van der Waals surface area contributed by atoms with Crippen molar-refractivity contribution in [2.24, 2.45) is 0 Å². The van der Waals surface area contributed by atoms with Crippen LogP contribution in [-0.4, -0.2) is 66.1 Å². The van der Waals surface area contributed by atoms with Gasteiger partial charge in [-0.05, 0) is 64.9 Å². The van der Waals surface area contributed by atoms with Gasteiger partial charge in [0.2, 0.25) is 33.6 Å². The van der Waals surface area contributed by atoms with E-state index in [0.717, 1.165) is 25.7 Å². The number of ether oxygens (including phenoxy) is 1. The van der Waals surface area contributed by atoms with E-state index in [2.05, 4.69) is 39.3 Å². The average Bonchev–Trinajstić information content (AvgIpc) is 2.93. The molecular weight excluding hydrogens is 583 g/mol.